The number of carbonyl (C=O) groups excluding carboxylic acids is 1. The number of amides is 1. The van der Waals surface area contributed by atoms with Crippen LogP contribution in [0.2, 0.25) is 0 Å². The third-order valence-corrected chi connectivity index (χ3v) is 9.09. The van der Waals surface area contributed by atoms with Gasteiger partial charge in [-0.05, 0) is 92.6 Å². The van der Waals surface area contributed by atoms with Gasteiger partial charge in [0.1, 0.15) is 5.75 Å². The molecular formula is C36H35N5O3S. The average Bonchev–Trinajstić information content (AvgIpc) is 3.49. The molecule has 1 aliphatic heterocycles. The van der Waals surface area contributed by atoms with Crippen molar-refractivity contribution in [1.82, 2.24) is 9.13 Å². The summed E-state index contributed by atoms with van der Waals surface area (Å²) in [5.41, 5.74) is 7.47. The lowest BCUT2D eigenvalue weighted by Crippen LogP contribution is -2.40. The number of methoxy groups -OCH3 is 1. The maximum atomic E-state index is 14.2. The number of anilines is 2. The van der Waals surface area contributed by atoms with Crippen LogP contribution in [-0.2, 0) is 4.79 Å². The number of fused-ring (bicyclic) bond motifs is 1. The van der Waals surface area contributed by atoms with Crippen LogP contribution in [0.5, 0.6) is 5.75 Å². The van der Waals surface area contributed by atoms with E-state index in [1.807, 2.05) is 81.7 Å². The molecule has 9 heteroatoms. The normalized spacial score (nSPS) is 14.6. The predicted molar refractivity (Wildman–Crippen MR) is 181 cm³/mol. The number of nitrogens with zero attached hydrogens (tertiary/aromatic N) is 4. The van der Waals surface area contributed by atoms with Gasteiger partial charge < -0.3 is 19.5 Å². The third kappa shape index (κ3) is 5.62. The number of ether oxygens (including phenoxy) is 1. The van der Waals surface area contributed by atoms with E-state index in [4.69, 9.17) is 9.73 Å². The number of hydrogen-bond acceptors (Lipinski definition) is 6. The summed E-state index contributed by atoms with van der Waals surface area (Å²) < 4.78 is 9.77. The highest BCUT2D eigenvalue weighted by Gasteiger charge is 2.32. The standard InChI is InChI=1S/C36H35N5O3S/c1-22-20-26(24(3)40(22)29-16-14-28(15-17-29)39(4)5)21-31-35(43)41-33(25-12-18-30(44-6)19-13-25)32(23(2)37-36(41)45-31)34(42)38-27-10-8-7-9-11-27/h7-21,33H,1-6H3,(H,38,42)/b31-21-/t33-/m1/s1. The molecule has 2 aromatic heterocycles. The summed E-state index contributed by atoms with van der Waals surface area (Å²) in [5.74, 6) is 0.384. The molecule has 0 unspecified atom stereocenters. The SMILES string of the molecule is COc1ccc([C@@H]2C(C(=O)Nc3ccccc3)=C(C)N=c3s/c(=C\c4cc(C)n(-c5ccc(N(C)C)cc5)c4C)c(=O)n32)cc1. The van der Waals surface area contributed by atoms with Crippen LogP contribution in [0.3, 0.4) is 0 Å². The molecule has 228 valence electrons. The Labute approximate surface area is 265 Å². The Hall–Kier alpha value is -5.15. The van der Waals surface area contributed by atoms with E-state index in [1.165, 1.54) is 11.3 Å². The number of allylic oxidation sites excluding steroid dienone is 1. The number of aromatic nitrogens is 2. The van der Waals surface area contributed by atoms with Crippen molar-refractivity contribution < 1.29 is 9.53 Å². The van der Waals surface area contributed by atoms with Gasteiger partial charge in [0.15, 0.2) is 4.80 Å². The lowest BCUT2D eigenvalue weighted by molar-refractivity contribution is -0.113. The molecule has 3 aromatic carbocycles. The summed E-state index contributed by atoms with van der Waals surface area (Å²) in [7, 11) is 5.65. The van der Waals surface area contributed by atoms with Crippen molar-refractivity contribution >= 4 is 34.7 Å². The number of para-hydroxylation sites is 1. The Bertz CT molecular complexity index is 2100. The first-order valence-electron chi connectivity index (χ1n) is 14.7. The molecule has 0 radical (unpaired) electrons. The number of aryl methyl sites for hydroxylation is 1. The van der Waals surface area contributed by atoms with Gasteiger partial charge in [0.05, 0.1) is 29.0 Å². The molecule has 0 aliphatic carbocycles. The van der Waals surface area contributed by atoms with Gasteiger partial charge in [-0.2, -0.15) is 0 Å². The summed E-state index contributed by atoms with van der Waals surface area (Å²) in [5, 5.41) is 3.00. The van der Waals surface area contributed by atoms with Crippen LogP contribution in [0.4, 0.5) is 11.4 Å². The largest absolute Gasteiger partial charge is 0.497 e. The molecule has 0 saturated heterocycles. The number of hydrogen-bond donors (Lipinski definition) is 1. The van der Waals surface area contributed by atoms with Crippen molar-refractivity contribution in [2.45, 2.75) is 26.8 Å². The van der Waals surface area contributed by atoms with Crippen LogP contribution in [0.1, 0.15) is 35.5 Å². The second-order valence-electron chi connectivity index (χ2n) is 11.2. The van der Waals surface area contributed by atoms with Crippen molar-refractivity contribution in [3.8, 4) is 11.4 Å². The maximum Gasteiger partial charge on any atom is 0.271 e. The van der Waals surface area contributed by atoms with E-state index in [2.05, 4.69) is 59.0 Å². The molecule has 0 saturated carbocycles. The molecule has 0 fully saturated rings. The van der Waals surface area contributed by atoms with Gasteiger partial charge >= 0.3 is 0 Å². The zero-order chi connectivity index (χ0) is 31.8. The van der Waals surface area contributed by atoms with Crippen molar-refractivity contribution in [2.24, 2.45) is 4.99 Å². The van der Waals surface area contributed by atoms with Crippen molar-refractivity contribution in [2.75, 3.05) is 31.4 Å². The van der Waals surface area contributed by atoms with Gasteiger partial charge in [-0.25, -0.2) is 4.99 Å². The van der Waals surface area contributed by atoms with Gasteiger partial charge in [-0.15, -0.1) is 0 Å². The highest BCUT2D eigenvalue weighted by atomic mass is 32.1. The van der Waals surface area contributed by atoms with Crippen molar-refractivity contribution in [3.63, 3.8) is 0 Å². The van der Waals surface area contributed by atoms with Crippen molar-refractivity contribution in [3.05, 3.63) is 138 Å². The Kier molecular flexibility index (Phi) is 8.03. The molecule has 0 bridgehead atoms. The van der Waals surface area contributed by atoms with Crippen LogP contribution in [0.15, 0.2) is 106 Å². The zero-order valence-corrected chi connectivity index (χ0v) is 27.0. The first-order chi connectivity index (χ1) is 21.7. The molecule has 3 heterocycles. The van der Waals surface area contributed by atoms with Crippen LogP contribution in [-0.4, -0.2) is 36.2 Å². The summed E-state index contributed by atoms with van der Waals surface area (Å²) in [6, 6.07) is 26.6. The van der Waals surface area contributed by atoms with Gasteiger partial charge in [-0.3, -0.25) is 14.2 Å². The second kappa shape index (κ2) is 12.1. The Morgan fingerprint density at radius 2 is 1.67 bits per heavy atom. The summed E-state index contributed by atoms with van der Waals surface area (Å²) in [6.07, 6.45) is 1.94. The first kappa shape index (κ1) is 29.9. The molecule has 6 rings (SSSR count). The van der Waals surface area contributed by atoms with E-state index in [0.717, 1.165) is 33.9 Å². The van der Waals surface area contributed by atoms with Crippen molar-refractivity contribution in [1.29, 1.82) is 0 Å². The smallest absolute Gasteiger partial charge is 0.271 e. The summed E-state index contributed by atoms with van der Waals surface area (Å²) >= 11 is 1.33. The molecule has 1 atom stereocenters. The number of thiazole rings is 1. The van der Waals surface area contributed by atoms with E-state index >= 15 is 0 Å². The maximum absolute atomic E-state index is 14.2. The van der Waals surface area contributed by atoms with Gasteiger partial charge in [0.25, 0.3) is 11.5 Å². The van der Waals surface area contributed by atoms with Gasteiger partial charge in [0.2, 0.25) is 0 Å². The molecular weight excluding hydrogens is 582 g/mol. The molecule has 0 spiro atoms. The van der Waals surface area contributed by atoms with Gasteiger partial charge in [-0.1, -0.05) is 41.7 Å². The van der Waals surface area contributed by atoms with E-state index in [-0.39, 0.29) is 11.5 Å². The zero-order valence-electron chi connectivity index (χ0n) is 26.2. The number of nitrogens with one attached hydrogen (secondary N) is 1. The number of benzene rings is 3. The quantitative estimate of drug-likeness (QED) is 0.267. The molecule has 45 heavy (non-hydrogen) atoms. The highest BCUT2D eigenvalue weighted by molar-refractivity contribution is 7.07. The Balaban J connectivity index is 1.46. The Morgan fingerprint density at radius 3 is 2.31 bits per heavy atom. The van der Waals surface area contributed by atoms with Crippen LogP contribution >= 0.6 is 11.3 Å². The molecule has 8 nitrogen and oxygen atoms in total. The molecule has 1 aliphatic rings. The predicted octanol–water partition coefficient (Wildman–Crippen LogP) is 5.36. The fourth-order valence-corrected chi connectivity index (χ4v) is 6.84. The minimum atomic E-state index is -0.666. The van der Waals surface area contributed by atoms with E-state index in [1.54, 1.807) is 11.7 Å². The van der Waals surface area contributed by atoms with E-state index in [0.29, 0.717) is 32.0 Å². The van der Waals surface area contributed by atoms with Crippen LogP contribution < -0.4 is 29.8 Å². The van der Waals surface area contributed by atoms with Crippen LogP contribution in [0, 0.1) is 13.8 Å². The first-order valence-corrected chi connectivity index (χ1v) is 15.5. The lowest BCUT2D eigenvalue weighted by Gasteiger charge is -2.25. The molecule has 1 N–H and O–H groups in total. The Morgan fingerprint density at radius 1 is 0.978 bits per heavy atom. The number of carbonyl (C=O) groups is 1. The molecule has 5 aromatic rings. The monoisotopic (exact) mass is 617 g/mol. The van der Waals surface area contributed by atoms with E-state index in [9.17, 15) is 9.59 Å². The second-order valence-corrected chi connectivity index (χ2v) is 12.3. The third-order valence-electron chi connectivity index (χ3n) is 8.11. The molecule has 1 amide bonds. The summed E-state index contributed by atoms with van der Waals surface area (Å²) in [6.45, 7) is 5.95. The topological polar surface area (TPSA) is 80.9 Å². The van der Waals surface area contributed by atoms with Crippen LogP contribution in [0.25, 0.3) is 11.8 Å². The lowest BCUT2D eigenvalue weighted by atomic mass is 9.95. The minimum absolute atomic E-state index is 0.197. The van der Waals surface area contributed by atoms with E-state index < -0.39 is 6.04 Å². The average molecular weight is 618 g/mol. The fourth-order valence-electron chi connectivity index (χ4n) is 5.81. The minimum Gasteiger partial charge on any atom is -0.497 e. The summed E-state index contributed by atoms with van der Waals surface area (Å²) in [4.78, 5) is 35.4. The van der Waals surface area contributed by atoms with Gasteiger partial charge in [0, 0.05) is 42.5 Å². The highest BCUT2D eigenvalue weighted by Crippen LogP contribution is 2.32. The fraction of sp³-hybridized carbons (Fsp3) is 0.194. The number of rotatable bonds is 7.